The van der Waals surface area contributed by atoms with Gasteiger partial charge in [0.25, 0.3) is 0 Å². The molecule has 5 heteroatoms. The van der Waals surface area contributed by atoms with Crippen molar-refractivity contribution in [2.24, 2.45) is 0 Å². The van der Waals surface area contributed by atoms with Gasteiger partial charge in [0.1, 0.15) is 16.3 Å². The van der Waals surface area contributed by atoms with E-state index < -0.39 is 0 Å². The molecule has 25 heavy (non-hydrogen) atoms. The van der Waals surface area contributed by atoms with Crippen LogP contribution in [0, 0.1) is 0 Å². The first-order valence-electron chi connectivity index (χ1n) is 7.98. The van der Waals surface area contributed by atoms with Gasteiger partial charge in [-0.05, 0) is 36.8 Å². The van der Waals surface area contributed by atoms with Crippen LogP contribution in [0.25, 0.3) is 11.1 Å². The molecule has 0 radical (unpaired) electrons. The molecule has 1 heterocycles. The van der Waals surface area contributed by atoms with Gasteiger partial charge < -0.3 is 14.8 Å². The van der Waals surface area contributed by atoms with E-state index in [0.717, 1.165) is 27.6 Å². The molecule has 0 aliphatic heterocycles. The summed E-state index contributed by atoms with van der Waals surface area (Å²) in [5.74, 6) is 0.464. The summed E-state index contributed by atoms with van der Waals surface area (Å²) < 4.78 is 10.4. The van der Waals surface area contributed by atoms with Gasteiger partial charge in [0, 0.05) is 16.6 Å². The van der Waals surface area contributed by atoms with Crippen LogP contribution in [0.3, 0.4) is 0 Å². The third kappa shape index (κ3) is 3.83. The molecule has 1 aromatic heterocycles. The fourth-order valence-corrected chi connectivity index (χ4v) is 3.47. The minimum Gasteiger partial charge on any atom is -0.497 e. The molecule has 4 nitrogen and oxygen atoms in total. The minimum atomic E-state index is -0.321. The van der Waals surface area contributed by atoms with Crippen LogP contribution in [-0.4, -0.2) is 19.7 Å². The molecule has 1 N–H and O–H groups in total. The molecule has 0 fully saturated rings. The second-order valence-corrected chi connectivity index (χ2v) is 6.17. The summed E-state index contributed by atoms with van der Waals surface area (Å²) in [6, 6.07) is 17.4. The largest absolute Gasteiger partial charge is 0.497 e. The van der Waals surface area contributed by atoms with E-state index in [1.165, 1.54) is 11.3 Å². The van der Waals surface area contributed by atoms with Crippen LogP contribution in [0.1, 0.15) is 17.3 Å². The fraction of sp³-hybridized carbons (Fsp3) is 0.150. The third-order valence-electron chi connectivity index (χ3n) is 3.70. The Balaban J connectivity index is 1.98. The van der Waals surface area contributed by atoms with Gasteiger partial charge in [-0.1, -0.05) is 30.3 Å². The molecule has 0 bridgehead atoms. The van der Waals surface area contributed by atoms with Crippen LogP contribution in [0.5, 0.6) is 5.75 Å². The zero-order valence-electron chi connectivity index (χ0n) is 14.1. The van der Waals surface area contributed by atoms with Crippen molar-refractivity contribution in [2.45, 2.75) is 6.92 Å². The molecule has 0 saturated carbocycles. The molecule has 2 aromatic carbocycles. The average Bonchev–Trinajstić information content (AvgIpc) is 3.07. The number of benzene rings is 2. The molecule has 0 unspecified atom stereocenters. The maximum absolute atomic E-state index is 12.5. The van der Waals surface area contributed by atoms with Crippen LogP contribution in [0.2, 0.25) is 0 Å². The highest BCUT2D eigenvalue weighted by Crippen LogP contribution is 2.37. The highest BCUT2D eigenvalue weighted by Gasteiger charge is 2.21. The van der Waals surface area contributed by atoms with E-state index in [0.29, 0.717) is 12.2 Å². The molecule has 0 spiro atoms. The number of esters is 1. The molecular weight excluding hydrogens is 334 g/mol. The monoisotopic (exact) mass is 353 g/mol. The fourth-order valence-electron chi connectivity index (χ4n) is 2.49. The maximum Gasteiger partial charge on any atom is 0.341 e. The molecule has 0 aliphatic rings. The van der Waals surface area contributed by atoms with Gasteiger partial charge in [-0.2, -0.15) is 0 Å². The Hall–Kier alpha value is -2.79. The molecule has 0 saturated heterocycles. The Morgan fingerprint density at radius 3 is 2.44 bits per heavy atom. The lowest BCUT2D eigenvalue weighted by atomic mass is 10.0. The molecule has 128 valence electrons. The van der Waals surface area contributed by atoms with Crippen molar-refractivity contribution >= 4 is 28.0 Å². The van der Waals surface area contributed by atoms with Crippen molar-refractivity contribution in [3.05, 3.63) is 65.5 Å². The summed E-state index contributed by atoms with van der Waals surface area (Å²) in [7, 11) is 1.63. The molecule has 3 rings (SSSR count). The number of hydrogen-bond acceptors (Lipinski definition) is 5. The smallest absolute Gasteiger partial charge is 0.341 e. The minimum absolute atomic E-state index is 0.321. The summed E-state index contributed by atoms with van der Waals surface area (Å²) in [6.45, 7) is 2.15. The van der Waals surface area contributed by atoms with E-state index in [9.17, 15) is 4.79 Å². The first-order chi connectivity index (χ1) is 12.2. The Kier molecular flexibility index (Phi) is 5.36. The van der Waals surface area contributed by atoms with Gasteiger partial charge in [-0.25, -0.2) is 4.79 Å². The van der Waals surface area contributed by atoms with Crippen molar-refractivity contribution in [2.75, 3.05) is 19.0 Å². The van der Waals surface area contributed by atoms with E-state index in [-0.39, 0.29) is 5.97 Å². The highest BCUT2D eigenvalue weighted by molar-refractivity contribution is 7.15. The summed E-state index contributed by atoms with van der Waals surface area (Å²) in [5, 5.41) is 6.06. The summed E-state index contributed by atoms with van der Waals surface area (Å²) in [4.78, 5) is 12.5. The van der Waals surface area contributed by atoms with E-state index in [1.54, 1.807) is 7.11 Å². The van der Waals surface area contributed by atoms with Crippen LogP contribution in [0.15, 0.2) is 60.0 Å². The van der Waals surface area contributed by atoms with Crippen LogP contribution in [0.4, 0.5) is 10.7 Å². The lowest BCUT2D eigenvalue weighted by Crippen LogP contribution is -2.07. The summed E-state index contributed by atoms with van der Waals surface area (Å²) in [6.07, 6.45) is 0. The van der Waals surface area contributed by atoms with Gasteiger partial charge in [0.15, 0.2) is 0 Å². The van der Waals surface area contributed by atoms with Gasteiger partial charge >= 0.3 is 5.97 Å². The Morgan fingerprint density at radius 2 is 1.80 bits per heavy atom. The Morgan fingerprint density at radius 1 is 1.08 bits per heavy atom. The normalized spacial score (nSPS) is 10.3. The predicted octanol–water partition coefficient (Wildman–Crippen LogP) is 5.34. The van der Waals surface area contributed by atoms with E-state index in [4.69, 9.17) is 9.47 Å². The van der Waals surface area contributed by atoms with Crippen molar-refractivity contribution in [1.82, 2.24) is 0 Å². The number of carbonyl (C=O) groups excluding carboxylic acids is 1. The highest BCUT2D eigenvalue weighted by atomic mass is 32.1. The number of anilines is 2. The molecule has 0 aliphatic carbocycles. The predicted molar refractivity (Wildman–Crippen MR) is 102 cm³/mol. The number of methoxy groups -OCH3 is 1. The van der Waals surface area contributed by atoms with Gasteiger partial charge in [-0.3, -0.25) is 0 Å². The second-order valence-electron chi connectivity index (χ2n) is 5.29. The third-order valence-corrected chi connectivity index (χ3v) is 4.60. The van der Waals surface area contributed by atoms with E-state index in [1.807, 2.05) is 66.9 Å². The van der Waals surface area contributed by atoms with E-state index >= 15 is 0 Å². The molecular formula is C20H19NO3S. The summed E-state index contributed by atoms with van der Waals surface area (Å²) in [5.41, 5.74) is 3.31. The first-order valence-corrected chi connectivity index (χ1v) is 8.86. The van der Waals surface area contributed by atoms with Crippen molar-refractivity contribution in [3.63, 3.8) is 0 Å². The number of thiophene rings is 1. The van der Waals surface area contributed by atoms with E-state index in [2.05, 4.69) is 5.32 Å². The Labute approximate surface area is 151 Å². The van der Waals surface area contributed by atoms with Crippen LogP contribution >= 0.6 is 11.3 Å². The van der Waals surface area contributed by atoms with Gasteiger partial charge in [0.2, 0.25) is 0 Å². The SMILES string of the molecule is CCOC(=O)c1c(-c2ccccc2)csc1Nc1ccc(OC)cc1. The zero-order valence-corrected chi connectivity index (χ0v) is 14.9. The topological polar surface area (TPSA) is 47.6 Å². The summed E-state index contributed by atoms with van der Waals surface area (Å²) >= 11 is 1.49. The number of hydrogen-bond donors (Lipinski definition) is 1. The first kappa shape index (κ1) is 17.0. The lowest BCUT2D eigenvalue weighted by Gasteiger charge is -2.10. The number of ether oxygens (including phenoxy) is 2. The number of carbonyl (C=O) groups is 1. The quantitative estimate of drug-likeness (QED) is 0.607. The maximum atomic E-state index is 12.5. The van der Waals surface area contributed by atoms with Crippen molar-refractivity contribution in [3.8, 4) is 16.9 Å². The average molecular weight is 353 g/mol. The molecule has 3 aromatic rings. The van der Waals surface area contributed by atoms with Crippen LogP contribution < -0.4 is 10.1 Å². The van der Waals surface area contributed by atoms with Crippen molar-refractivity contribution in [1.29, 1.82) is 0 Å². The van der Waals surface area contributed by atoms with Gasteiger partial charge in [-0.15, -0.1) is 11.3 Å². The molecule has 0 amide bonds. The molecule has 0 atom stereocenters. The standard InChI is InChI=1S/C20H19NO3S/c1-3-24-20(22)18-17(14-7-5-4-6-8-14)13-25-19(18)21-15-9-11-16(23-2)12-10-15/h4-13,21H,3H2,1-2H3. The van der Waals surface area contributed by atoms with Crippen molar-refractivity contribution < 1.29 is 14.3 Å². The zero-order chi connectivity index (χ0) is 17.6. The van der Waals surface area contributed by atoms with Crippen LogP contribution in [-0.2, 0) is 4.74 Å². The number of nitrogens with one attached hydrogen (secondary N) is 1. The lowest BCUT2D eigenvalue weighted by molar-refractivity contribution is 0.0529. The second kappa shape index (κ2) is 7.85. The van der Waals surface area contributed by atoms with Gasteiger partial charge in [0.05, 0.1) is 13.7 Å². The Bertz CT molecular complexity index is 841. The number of rotatable bonds is 6.